The first-order valence-corrected chi connectivity index (χ1v) is 22.9. The van der Waals surface area contributed by atoms with Gasteiger partial charge in [0.25, 0.3) is 0 Å². The molecule has 5 nitrogen and oxygen atoms in total. The van der Waals surface area contributed by atoms with Crippen molar-refractivity contribution in [1.29, 1.82) is 0 Å². The number of para-hydroxylation sites is 4. The molecule has 0 aliphatic carbocycles. The molecule has 0 atom stereocenters. The number of aromatic nitrogens is 3. The van der Waals surface area contributed by atoms with E-state index >= 15 is 0 Å². The molecule has 0 N–H and O–H groups in total. The summed E-state index contributed by atoms with van der Waals surface area (Å²) in [6.45, 7) is 8.68. The normalized spacial score (nSPS) is 11.3. The molecule has 9 aromatic carbocycles. The van der Waals surface area contributed by atoms with Gasteiger partial charge in [-0.05, 0) is 142 Å². The zero-order chi connectivity index (χ0) is 45.4. The van der Waals surface area contributed by atoms with E-state index in [4.69, 9.17) is 9.97 Å². The van der Waals surface area contributed by atoms with Gasteiger partial charge >= 0.3 is 0 Å². The van der Waals surface area contributed by atoms with Gasteiger partial charge in [-0.2, -0.15) is 0 Å². The monoisotopic (exact) mass is 863 g/mol. The van der Waals surface area contributed by atoms with Crippen LogP contribution in [0.2, 0.25) is 0 Å². The molecule has 2 aromatic heterocycles. The second kappa shape index (κ2) is 17.4. The molecule has 67 heavy (non-hydrogen) atoms. The highest BCUT2D eigenvalue weighted by molar-refractivity contribution is 6.12. The number of anilines is 6. The molecule has 322 valence electrons. The number of rotatable bonds is 10. The lowest BCUT2D eigenvalue weighted by Crippen LogP contribution is -2.09. The Hall–Kier alpha value is -8.54. The predicted octanol–water partition coefficient (Wildman–Crippen LogP) is 16.7. The fourth-order valence-electron chi connectivity index (χ4n) is 9.48. The van der Waals surface area contributed by atoms with Crippen molar-refractivity contribution in [3.05, 3.63) is 247 Å². The molecular formula is C62H49N5. The van der Waals surface area contributed by atoms with Crippen LogP contribution in [-0.2, 0) is 0 Å². The summed E-state index contributed by atoms with van der Waals surface area (Å²) in [7, 11) is 0. The van der Waals surface area contributed by atoms with Gasteiger partial charge in [0, 0.05) is 61.6 Å². The zero-order valence-corrected chi connectivity index (χ0v) is 38.1. The van der Waals surface area contributed by atoms with Gasteiger partial charge in [-0.3, -0.25) is 0 Å². The lowest BCUT2D eigenvalue weighted by atomic mass is 10.00. The Balaban J connectivity index is 1.12. The molecular weight excluding hydrogens is 815 g/mol. The topological polar surface area (TPSA) is 37.2 Å². The van der Waals surface area contributed by atoms with Crippen LogP contribution in [0, 0.1) is 27.7 Å². The number of benzene rings is 9. The first-order valence-electron chi connectivity index (χ1n) is 22.9. The van der Waals surface area contributed by atoms with Crippen molar-refractivity contribution >= 4 is 55.9 Å². The van der Waals surface area contributed by atoms with Crippen LogP contribution in [0.15, 0.2) is 224 Å². The van der Waals surface area contributed by atoms with Gasteiger partial charge in [0.1, 0.15) is 0 Å². The molecule has 0 saturated heterocycles. The lowest BCUT2D eigenvalue weighted by Gasteiger charge is -2.26. The first-order chi connectivity index (χ1) is 32.9. The van der Waals surface area contributed by atoms with Crippen LogP contribution >= 0.6 is 0 Å². The standard InChI is InChI=1S/C62H49N5/c1-42-25-29-46(30-26-42)57-41-58(64-62(63-57)47-31-27-43(2)28-32-47)48-37-44(3)61(45(4)38-48)67-59-35-33-53(65(49-17-9-5-10-18-49)50-19-11-6-12-20-50)39-55(59)56-40-54(34-36-60(56)67)66(51-21-13-7-14-22-51)52-23-15-8-16-24-52/h5-41H,1-4H3. The Morgan fingerprint density at radius 3 is 1.10 bits per heavy atom. The quantitative estimate of drug-likeness (QED) is 0.137. The molecule has 0 unspecified atom stereocenters. The van der Waals surface area contributed by atoms with E-state index in [1.807, 2.05) is 0 Å². The van der Waals surface area contributed by atoms with Crippen molar-refractivity contribution < 1.29 is 0 Å². The van der Waals surface area contributed by atoms with Gasteiger partial charge in [-0.1, -0.05) is 132 Å². The SMILES string of the molecule is Cc1ccc(-c2cc(-c3cc(C)c(-n4c5ccc(N(c6ccccc6)c6ccccc6)cc5c5cc(N(c6ccccc6)c6ccccc6)ccc54)c(C)c3)nc(-c3ccc(C)cc3)n2)cc1. The average Bonchev–Trinajstić information content (AvgIpc) is 3.68. The van der Waals surface area contributed by atoms with Crippen LogP contribution in [0.25, 0.3) is 61.4 Å². The molecule has 0 spiro atoms. The summed E-state index contributed by atoms with van der Waals surface area (Å²) in [5.41, 5.74) is 19.6. The summed E-state index contributed by atoms with van der Waals surface area (Å²) < 4.78 is 2.47. The highest BCUT2D eigenvalue weighted by Gasteiger charge is 2.22. The third-order valence-corrected chi connectivity index (χ3v) is 12.7. The van der Waals surface area contributed by atoms with E-state index in [2.05, 4.69) is 267 Å². The summed E-state index contributed by atoms with van der Waals surface area (Å²) in [5.74, 6) is 0.710. The van der Waals surface area contributed by atoms with E-state index in [1.165, 1.54) is 11.1 Å². The Bertz CT molecular complexity index is 3220. The number of aryl methyl sites for hydroxylation is 4. The van der Waals surface area contributed by atoms with E-state index < -0.39 is 0 Å². The van der Waals surface area contributed by atoms with Crippen LogP contribution in [0.3, 0.4) is 0 Å². The molecule has 0 bridgehead atoms. The smallest absolute Gasteiger partial charge is 0.160 e. The molecule has 5 heteroatoms. The van der Waals surface area contributed by atoms with Crippen molar-refractivity contribution in [1.82, 2.24) is 14.5 Å². The van der Waals surface area contributed by atoms with Crippen molar-refractivity contribution in [2.45, 2.75) is 27.7 Å². The van der Waals surface area contributed by atoms with Crippen molar-refractivity contribution in [2.75, 3.05) is 9.80 Å². The minimum atomic E-state index is 0.710. The third-order valence-electron chi connectivity index (χ3n) is 12.7. The van der Waals surface area contributed by atoms with Gasteiger partial charge in [0.05, 0.1) is 28.1 Å². The maximum absolute atomic E-state index is 5.25. The zero-order valence-electron chi connectivity index (χ0n) is 38.1. The van der Waals surface area contributed by atoms with Crippen LogP contribution in [-0.4, -0.2) is 14.5 Å². The van der Waals surface area contributed by atoms with Gasteiger partial charge < -0.3 is 14.4 Å². The maximum atomic E-state index is 5.25. The second-order valence-corrected chi connectivity index (χ2v) is 17.4. The summed E-state index contributed by atoms with van der Waals surface area (Å²) in [5, 5.41) is 2.33. The molecule has 0 amide bonds. The number of nitrogens with zero attached hydrogens (tertiary/aromatic N) is 5. The van der Waals surface area contributed by atoms with E-state index in [9.17, 15) is 0 Å². The largest absolute Gasteiger partial charge is 0.310 e. The minimum Gasteiger partial charge on any atom is -0.310 e. The second-order valence-electron chi connectivity index (χ2n) is 17.4. The summed E-state index contributed by atoms with van der Waals surface area (Å²) in [6, 6.07) is 80.2. The van der Waals surface area contributed by atoms with Crippen LogP contribution in [0.5, 0.6) is 0 Å². The Labute approximate surface area is 392 Å². The molecule has 0 saturated carbocycles. The number of hydrogen-bond donors (Lipinski definition) is 0. The van der Waals surface area contributed by atoms with Crippen LogP contribution < -0.4 is 9.80 Å². The number of fused-ring (bicyclic) bond motifs is 3. The minimum absolute atomic E-state index is 0.710. The van der Waals surface area contributed by atoms with Gasteiger partial charge in [0.15, 0.2) is 5.82 Å². The van der Waals surface area contributed by atoms with E-state index in [0.717, 1.165) is 101 Å². The van der Waals surface area contributed by atoms with Crippen molar-refractivity contribution in [3.63, 3.8) is 0 Å². The number of hydrogen-bond acceptors (Lipinski definition) is 4. The molecule has 11 aromatic rings. The molecule has 0 aliphatic rings. The molecule has 0 aliphatic heterocycles. The fourth-order valence-corrected chi connectivity index (χ4v) is 9.48. The summed E-state index contributed by atoms with van der Waals surface area (Å²) in [6.07, 6.45) is 0. The van der Waals surface area contributed by atoms with E-state index in [-0.39, 0.29) is 0 Å². The first kappa shape index (κ1) is 41.2. The third kappa shape index (κ3) is 7.91. The van der Waals surface area contributed by atoms with Crippen molar-refractivity contribution in [3.8, 4) is 39.6 Å². The fraction of sp³-hybridized carbons (Fsp3) is 0.0645. The van der Waals surface area contributed by atoms with Crippen LogP contribution in [0.1, 0.15) is 22.3 Å². The van der Waals surface area contributed by atoms with Gasteiger partial charge in [-0.25, -0.2) is 9.97 Å². The molecule has 0 fully saturated rings. The maximum Gasteiger partial charge on any atom is 0.160 e. The highest BCUT2D eigenvalue weighted by Crippen LogP contribution is 2.44. The average molecular weight is 864 g/mol. The molecule has 2 heterocycles. The Morgan fingerprint density at radius 2 is 0.701 bits per heavy atom. The summed E-state index contributed by atoms with van der Waals surface area (Å²) >= 11 is 0. The van der Waals surface area contributed by atoms with Gasteiger partial charge in [0.2, 0.25) is 0 Å². The predicted molar refractivity (Wildman–Crippen MR) is 281 cm³/mol. The Kier molecular flexibility index (Phi) is 10.7. The highest BCUT2D eigenvalue weighted by atomic mass is 15.1. The molecule has 0 radical (unpaired) electrons. The summed E-state index contributed by atoms with van der Waals surface area (Å²) in [4.78, 5) is 15.1. The Morgan fingerprint density at radius 1 is 0.328 bits per heavy atom. The molecule has 11 rings (SSSR count). The van der Waals surface area contributed by atoms with E-state index in [0.29, 0.717) is 5.82 Å². The van der Waals surface area contributed by atoms with E-state index in [1.54, 1.807) is 0 Å². The lowest BCUT2D eigenvalue weighted by molar-refractivity contribution is 1.12. The van der Waals surface area contributed by atoms with Crippen LogP contribution in [0.4, 0.5) is 34.1 Å². The van der Waals surface area contributed by atoms with Crippen molar-refractivity contribution in [2.24, 2.45) is 0 Å². The van der Waals surface area contributed by atoms with Gasteiger partial charge in [-0.15, -0.1) is 0 Å².